The third kappa shape index (κ3) is 3.87. The maximum atomic E-state index is 12.8. The summed E-state index contributed by atoms with van der Waals surface area (Å²) < 4.78 is 17.8. The van der Waals surface area contributed by atoms with Gasteiger partial charge in [0.15, 0.2) is 6.23 Å². The fourth-order valence-electron chi connectivity index (χ4n) is 3.37. The van der Waals surface area contributed by atoms with Gasteiger partial charge in [0.2, 0.25) is 0 Å². The fourth-order valence-corrected chi connectivity index (χ4v) is 4.60. The van der Waals surface area contributed by atoms with Crippen molar-refractivity contribution in [3.8, 4) is 0 Å². The average molecular weight is 507 g/mol. The predicted octanol–water partition coefficient (Wildman–Crippen LogP) is 3.58. The molecule has 2 aliphatic heterocycles. The molecule has 0 amide bonds. The van der Waals surface area contributed by atoms with E-state index in [0.29, 0.717) is 18.7 Å². The van der Waals surface area contributed by atoms with Gasteiger partial charge >= 0.3 is 11.9 Å². The Balaban J connectivity index is 2.04. The van der Waals surface area contributed by atoms with E-state index in [-0.39, 0.29) is 25.6 Å². The maximum absolute atomic E-state index is 12.8. The zero-order chi connectivity index (χ0) is 19.6. The molecule has 2 saturated heterocycles. The normalized spacial score (nSPS) is 23.6. The van der Waals surface area contributed by atoms with Gasteiger partial charge in [-0.05, 0) is 54.4 Å². The molecule has 0 bridgehead atoms. The van der Waals surface area contributed by atoms with E-state index in [0.717, 1.165) is 8.95 Å². The second kappa shape index (κ2) is 8.46. The Hall–Kier alpha value is -1.16. The Morgan fingerprint density at radius 3 is 2.48 bits per heavy atom. The van der Waals surface area contributed by atoms with E-state index in [9.17, 15) is 9.59 Å². The van der Waals surface area contributed by atoms with Crippen molar-refractivity contribution < 1.29 is 28.6 Å². The summed E-state index contributed by atoms with van der Waals surface area (Å²) in [5.74, 6) is -1.57. The largest absolute Gasteiger partial charge is 0.463 e. The Labute approximate surface area is 174 Å². The number of hydrogen-bond donors (Lipinski definition) is 0. The summed E-state index contributed by atoms with van der Waals surface area (Å²) in [6, 6.07) is 5.52. The number of rotatable bonds is 5. The third-order valence-corrected chi connectivity index (χ3v) is 5.70. The first kappa shape index (κ1) is 20.6. The van der Waals surface area contributed by atoms with Crippen LogP contribution < -0.4 is 5.06 Å². The van der Waals surface area contributed by atoms with E-state index in [1.807, 2.05) is 18.2 Å². The first-order chi connectivity index (χ1) is 12.9. The van der Waals surface area contributed by atoms with E-state index >= 15 is 0 Å². The molecule has 2 aliphatic rings. The fraction of sp³-hybridized carbons (Fsp3) is 0.556. The van der Waals surface area contributed by atoms with Crippen LogP contribution in [-0.2, 0) is 28.6 Å². The molecule has 148 valence electrons. The SMILES string of the molecule is CCOC(=O)C1(C(=O)OCC)CC2CCOC2N(c2ccc(Br)cc2Br)O1. The van der Waals surface area contributed by atoms with Gasteiger partial charge in [0.05, 0.1) is 18.9 Å². The Morgan fingerprint density at radius 1 is 1.22 bits per heavy atom. The van der Waals surface area contributed by atoms with Crippen molar-refractivity contribution in [2.75, 3.05) is 24.9 Å². The Kier molecular flexibility index (Phi) is 6.45. The lowest BCUT2D eigenvalue weighted by atomic mass is 9.86. The van der Waals surface area contributed by atoms with E-state index in [4.69, 9.17) is 19.0 Å². The molecule has 0 aliphatic carbocycles. The maximum Gasteiger partial charge on any atom is 0.353 e. The first-order valence-corrected chi connectivity index (χ1v) is 10.4. The van der Waals surface area contributed by atoms with Gasteiger partial charge in [-0.3, -0.25) is 0 Å². The van der Waals surface area contributed by atoms with Gasteiger partial charge in [-0.25, -0.2) is 19.5 Å². The van der Waals surface area contributed by atoms with E-state index < -0.39 is 23.8 Å². The molecule has 0 N–H and O–H groups in total. The van der Waals surface area contributed by atoms with Gasteiger partial charge in [0.1, 0.15) is 0 Å². The van der Waals surface area contributed by atoms with Crippen LogP contribution in [0, 0.1) is 5.92 Å². The van der Waals surface area contributed by atoms with Crippen LogP contribution in [0.15, 0.2) is 27.1 Å². The molecule has 2 atom stereocenters. The van der Waals surface area contributed by atoms with Crippen molar-refractivity contribution in [3.05, 3.63) is 27.1 Å². The second-order valence-electron chi connectivity index (χ2n) is 6.30. The summed E-state index contributed by atoms with van der Waals surface area (Å²) in [4.78, 5) is 31.6. The summed E-state index contributed by atoms with van der Waals surface area (Å²) in [7, 11) is 0. The van der Waals surface area contributed by atoms with Gasteiger partial charge in [-0.1, -0.05) is 15.9 Å². The molecule has 3 rings (SSSR count). The van der Waals surface area contributed by atoms with Crippen LogP contribution in [0.5, 0.6) is 0 Å². The third-order valence-electron chi connectivity index (χ3n) is 4.57. The lowest BCUT2D eigenvalue weighted by Crippen LogP contribution is -2.62. The Bertz CT molecular complexity index is 710. The summed E-state index contributed by atoms with van der Waals surface area (Å²) in [6.45, 7) is 4.16. The molecule has 2 unspecified atom stereocenters. The number of carbonyl (C=O) groups excluding carboxylic acids is 2. The van der Waals surface area contributed by atoms with E-state index in [2.05, 4.69) is 31.9 Å². The number of benzene rings is 1. The van der Waals surface area contributed by atoms with Gasteiger partial charge in [-0.2, -0.15) is 0 Å². The Morgan fingerprint density at radius 2 is 1.89 bits per heavy atom. The van der Waals surface area contributed by atoms with Crippen molar-refractivity contribution >= 4 is 49.5 Å². The number of nitrogens with zero attached hydrogens (tertiary/aromatic N) is 1. The highest BCUT2D eigenvalue weighted by molar-refractivity contribution is 9.11. The minimum absolute atomic E-state index is 0.0805. The highest BCUT2D eigenvalue weighted by Gasteiger charge is 2.60. The number of hydrogen-bond acceptors (Lipinski definition) is 7. The van der Waals surface area contributed by atoms with Crippen LogP contribution >= 0.6 is 31.9 Å². The van der Waals surface area contributed by atoms with Crippen LogP contribution in [0.4, 0.5) is 5.69 Å². The molecule has 0 radical (unpaired) electrons. The highest BCUT2D eigenvalue weighted by atomic mass is 79.9. The minimum Gasteiger partial charge on any atom is -0.463 e. The first-order valence-electron chi connectivity index (χ1n) is 8.82. The molecule has 1 aromatic rings. The zero-order valence-electron chi connectivity index (χ0n) is 15.1. The van der Waals surface area contributed by atoms with Crippen LogP contribution in [-0.4, -0.2) is 43.6 Å². The molecular formula is C18H21Br2NO6. The zero-order valence-corrected chi connectivity index (χ0v) is 18.2. The molecule has 7 nitrogen and oxygen atoms in total. The molecule has 2 fully saturated rings. The smallest absolute Gasteiger partial charge is 0.353 e. The van der Waals surface area contributed by atoms with Crippen molar-refractivity contribution in [2.45, 2.75) is 38.5 Å². The second-order valence-corrected chi connectivity index (χ2v) is 8.07. The molecular weight excluding hydrogens is 486 g/mol. The summed E-state index contributed by atoms with van der Waals surface area (Å²) in [5, 5.41) is 1.49. The minimum atomic E-state index is -1.85. The number of fused-ring (bicyclic) bond motifs is 1. The summed E-state index contributed by atoms with van der Waals surface area (Å²) in [5.41, 5.74) is -1.21. The monoisotopic (exact) mass is 505 g/mol. The van der Waals surface area contributed by atoms with Crippen molar-refractivity contribution in [3.63, 3.8) is 0 Å². The number of hydroxylamine groups is 1. The molecule has 27 heavy (non-hydrogen) atoms. The molecule has 2 heterocycles. The van der Waals surface area contributed by atoms with Gasteiger partial charge in [0, 0.05) is 27.9 Å². The van der Waals surface area contributed by atoms with E-state index in [1.165, 1.54) is 5.06 Å². The number of esters is 2. The van der Waals surface area contributed by atoms with Crippen LogP contribution in [0.1, 0.15) is 26.7 Å². The number of ether oxygens (including phenoxy) is 3. The van der Waals surface area contributed by atoms with E-state index in [1.54, 1.807) is 13.8 Å². The van der Waals surface area contributed by atoms with Crippen LogP contribution in [0.3, 0.4) is 0 Å². The molecule has 9 heteroatoms. The lowest BCUT2D eigenvalue weighted by Gasteiger charge is -2.45. The summed E-state index contributed by atoms with van der Waals surface area (Å²) >= 11 is 6.93. The summed E-state index contributed by atoms with van der Waals surface area (Å²) in [6.07, 6.45) is 0.457. The predicted molar refractivity (Wildman–Crippen MR) is 104 cm³/mol. The van der Waals surface area contributed by atoms with Crippen LogP contribution in [0.25, 0.3) is 0 Å². The number of halogens is 2. The molecule has 0 spiro atoms. The van der Waals surface area contributed by atoms with Crippen molar-refractivity contribution in [2.24, 2.45) is 5.92 Å². The average Bonchev–Trinajstić information content (AvgIpc) is 3.09. The number of anilines is 1. The molecule has 0 saturated carbocycles. The molecule has 1 aromatic carbocycles. The lowest BCUT2D eigenvalue weighted by molar-refractivity contribution is -0.213. The van der Waals surface area contributed by atoms with Crippen molar-refractivity contribution in [1.29, 1.82) is 0 Å². The van der Waals surface area contributed by atoms with Crippen molar-refractivity contribution in [1.82, 2.24) is 0 Å². The van der Waals surface area contributed by atoms with Gasteiger partial charge in [0.25, 0.3) is 5.60 Å². The standard InChI is InChI=1S/C18H21Br2NO6/c1-3-24-16(22)18(17(23)25-4-2)10-11-7-8-26-15(11)21(27-18)14-6-5-12(19)9-13(14)20/h5-6,9,11,15H,3-4,7-8,10H2,1-2H3. The van der Waals surface area contributed by atoms with Crippen LogP contribution in [0.2, 0.25) is 0 Å². The van der Waals surface area contributed by atoms with Gasteiger partial charge in [-0.15, -0.1) is 0 Å². The quantitative estimate of drug-likeness (QED) is 0.446. The topological polar surface area (TPSA) is 74.3 Å². The highest BCUT2D eigenvalue weighted by Crippen LogP contribution is 2.44. The molecule has 0 aromatic heterocycles. The number of carbonyl (C=O) groups is 2. The van der Waals surface area contributed by atoms with Gasteiger partial charge < -0.3 is 14.2 Å².